The second-order valence-corrected chi connectivity index (χ2v) is 7.91. The van der Waals surface area contributed by atoms with Crippen molar-refractivity contribution in [1.29, 1.82) is 0 Å². The Balaban J connectivity index is 2.70. The fourth-order valence-electron chi connectivity index (χ4n) is 2.40. The summed E-state index contributed by atoms with van der Waals surface area (Å²) >= 11 is 5.53. The summed E-state index contributed by atoms with van der Waals surface area (Å²) < 4.78 is 0. The van der Waals surface area contributed by atoms with Crippen LogP contribution in [0.3, 0.4) is 0 Å². The first-order chi connectivity index (χ1) is 14.7. The molecule has 8 N–H and O–H groups in total. The van der Waals surface area contributed by atoms with Gasteiger partial charge in [0.15, 0.2) is 0 Å². The second kappa shape index (κ2) is 13.9. The monoisotopic (exact) mass is 476 g/mol. The maximum Gasteiger partial charge on any atom is 0.326 e. The molecule has 14 heteroatoms. The number of aromatic nitrogens is 2. The minimum Gasteiger partial charge on any atom is -0.480 e. The minimum atomic E-state index is -1.33. The topological polar surface area (TPSA) is 200 Å². The number of aromatic amines is 1. The normalized spacial score (nSPS) is 14.7. The summed E-state index contributed by atoms with van der Waals surface area (Å²) in [6.45, 7) is -0.717. The predicted molar refractivity (Wildman–Crippen MR) is 118 cm³/mol. The Hall–Kier alpha value is -2.29. The predicted octanol–water partition coefficient (Wildman–Crippen LogP) is -2.51. The minimum absolute atomic E-state index is 0.0441. The molecule has 4 unspecified atom stereocenters. The third kappa shape index (κ3) is 9.16. The molecule has 1 aromatic rings. The highest BCUT2D eigenvalue weighted by molar-refractivity contribution is 7.98. The molecule has 0 aliphatic heterocycles. The number of carbonyl (C=O) groups is 4. The van der Waals surface area contributed by atoms with E-state index >= 15 is 0 Å². The van der Waals surface area contributed by atoms with Crippen LogP contribution in [0.2, 0.25) is 0 Å². The van der Waals surface area contributed by atoms with Crippen molar-refractivity contribution in [2.75, 3.05) is 24.4 Å². The first-order valence-electron chi connectivity index (χ1n) is 9.30. The molecule has 174 valence electrons. The van der Waals surface area contributed by atoms with Gasteiger partial charge in [-0.3, -0.25) is 14.4 Å². The number of aliphatic hydroxyl groups is 1. The zero-order valence-corrected chi connectivity index (χ0v) is 18.6. The van der Waals surface area contributed by atoms with Gasteiger partial charge >= 0.3 is 5.97 Å². The van der Waals surface area contributed by atoms with Crippen molar-refractivity contribution in [3.8, 4) is 0 Å². The number of H-pyrrole nitrogens is 1. The van der Waals surface area contributed by atoms with E-state index in [0.29, 0.717) is 17.9 Å². The summed E-state index contributed by atoms with van der Waals surface area (Å²) in [6, 6.07) is -4.65. The van der Waals surface area contributed by atoms with Gasteiger partial charge in [-0.1, -0.05) is 0 Å². The molecule has 1 heterocycles. The largest absolute Gasteiger partial charge is 0.480 e. The summed E-state index contributed by atoms with van der Waals surface area (Å²) in [6.07, 6.45) is 5.02. The Morgan fingerprint density at radius 2 is 1.77 bits per heavy atom. The van der Waals surface area contributed by atoms with Crippen LogP contribution in [0.25, 0.3) is 0 Å². The number of carboxylic acid groups (broad SMARTS) is 1. The van der Waals surface area contributed by atoms with E-state index in [1.807, 2.05) is 6.26 Å². The van der Waals surface area contributed by atoms with Crippen molar-refractivity contribution < 1.29 is 29.4 Å². The number of hydrogen-bond acceptors (Lipinski definition) is 9. The van der Waals surface area contributed by atoms with Gasteiger partial charge in [-0.25, -0.2) is 9.78 Å². The number of aliphatic carboxylic acids is 1. The number of thiol groups is 1. The Morgan fingerprint density at radius 1 is 1.16 bits per heavy atom. The maximum absolute atomic E-state index is 12.5. The van der Waals surface area contributed by atoms with Crippen molar-refractivity contribution in [1.82, 2.24) is 25.9 Å². The fourth-order valence-corrected chi connectivity index (χ4v) is 3.15. The quantitative estimate of drug-likeness (QED) is 0.134. The lowest BCUT2D eigenvalue weighted by Gasteiger charge is -2.23. The molecule has 0 saturated heterocycles. The van der Waals surface area contributed by atoms with Gasteiger partial charge in [-0.15, -0.1) is 0 Å². The molecule has 1 aromatic heterocycles. The third-order valence-electron chi connectivity index (χ3n) is 4.19. The average molecular weight is 477 g/mol. The highest BCUT2D eigenvalue weighted by Gasteiger charge is 2.29. The number of aliphatic hydroxyl groups excluding tert-OH is 1. The molecule has 1 rings (SSSR count). The van der Waals surface area contributed by atoms with E-state index in [1.54, 1.807) is 0 Å². The molecule has 4 atom stereocenters. The van der Waals surface area contributed by atoms with E-state index in [0.717, 1.165) is 0 Å². The van der Waals surface area contributed by atoms with Gasteiger partial charge in [0.1, 0.15) is 18.1 Å². The van der Waals surface area contributed by atoms with Crippen molar-refractivity contribution in [3.05, 3.63) is 18.2 Å². The molecule has 12 nitrogen and oxygen atoms in total. The summed E-state index contributed by atoms with van der Waals surface area (Å²) in [4.78, 5) is 55.0. The first-order valence-corrected chi connectivity index (χ1v) is 11.3. The van der Waals surface area contributed by atoms with Crippen molar-refractivity contribution in [2.45, 2.75) is 37.0 Å². The van der Waals surface area contributed by atoms with E-state index in [-0.39, 0.29) is 12.2 Å². The van der Waals surface area contributed by atoms with Crippen LogP contribution in [0.15, 0.2) is 12.5 Å². The zero-order chi connectivity index (χ0) is 23.4. The van der Waals surface area contributed by atoms with E-state index in [1.165, 1.54) is 24.3 Å². The van der Waals surface area contributed by atoms with Crippen LogP contribution in [0, 0.1) is 0 Å². The van der Waals surface area contributed by atoms with E-state index in [9.17, 15) is 29.4 Å². The number of imidazole rings is 1. The lowest BCUT2D eigenvalue weighted by Crippen LogP contribution is -2.58. The number of thioether (sulfide) groups is 1. The SMILES string of the molecule is CSCCC(N)C(=O)NC(CO)C(=O)NC(CS)C(=O)NC(Cc1cnc[nH]1)C(=O)O. The molecule has 0 aliphatic carbocycles. The molecule has 0 spiro atoms. The van der Waals surface area contributed by atoms with Gasteiger partial charge in [0.05, 0.1) is 19.0 Å². The van der Waals surface area contributed by atoms with Crippen LogP contribution >= 0.6 is 24.4 Å². The summed E-state index contributed by atoms with van der Waals surface area (Å²) in [7, 11) is 0. The number of nitrogens with two attached hydrogens (primary N) is 1. The zero-order valence-electron chi connectivity index (χ0n) is 16.9. The van der Waals surface area contributed by atoms with Gasteiger partial charge < -0.3 is 36.9 Å². The Bertz CT molecular complexity index is 735. The van der Waals surface area contributed by atoms with Crippen LogP contribution in [0.4, 0.5) is 0 Å². The van der Waals surface area contributed by atoms with Gasteiger partial charge in [0.25, 0.3) is 0 Å². The lowest BCUT2D eigenvalue weighted by molar-refractivity contribution is -0.142. The van der Waals surface area contributed by atoms with Crippen LogP contribution in [0.1, 0.15) is 12.1 Å². The number of nitrogens with one attached hydrogen (secondary N) is 4. The number of rotatable bonds is 14. The fraction of sp³-hybridized carbons (Fsp3) is 0.588. The number of carboxylic acids is 1. The maximum atomic E-state index is 12.5. The summed E-state index contributed by atoms with van der Waals surface area (Å²) in [5.41, 5.74) is 6.24. The average Bonchev–Trinajstić information content (AvgIpc) is 3.25. The lowest BCUT2D eigenvalue weighted by atomic mass is 10.1. The van der Waals surface area contributed by atoms with Crippen LogP contribution in [0.5, 0.6) is 0 Å². The molecule has 31 heavy (non-hydrogen) atoms. The van der Waals surface area contributed by atoms with Gasteiger partial charge in [-0.05, 0) is 18.4 Å². The molecule has 0 aliphatic rings. The number of hydrogen-bond donors (Lipinski definition) is 8. The van der Waals surface area contributed by atoms with Crippen LogP contribution in [-0.4, -0.2) is 92.4 Å². The highest BCUT2D eigenvalue weighted by Crippen LogP contribution is 2.02. The Morgan fingerprint density at radius 3 is 2.29 bits per heavy atom. The molecule has 0 saturated carbocycles. The van der Waals surface area contributed by atoms with Gasteiger partial charge in [0, 0.05) is 24.1 Å². The van der Waals surface area contributed by atoms with E-state index in [2.05, 4.69) is 38.5 Å². The van der Waals surface area contributed by atoms with Gasteiger partial charge in [-0.2, -0.15) is 24.4 Å². The van der Waals surface area contributed by atoms with Crippen LogP contribution < -0.4 is 21.7 Å². The highest BCUT2D eigenvalue weighted by atomic mass is 32.2. The molecule has 0 radical (unpaired) electrons. The Labute approximate surface area is 188 Å². The standard InChI is InChI=1S/C17H28N6O6S2/c1-31-3-2-10(18)14(25)22-12(6-24)15(26)23-13(7-30)16(27)21-11(17(28)29)4-9-5-19-8-20-9/h5,8,10-13,24,30H,2-4,6-7,18H2,1H3,(H,19,20)(H,21,27)(H,22,25)(H,23,26)(H,28,29). The number of amides is 3. The molecule has 0 fully saturated rings. The van der Waals surface area contributed by atoms with Gasteiger partial charge in [0.2, 0.25) is 17.7 Å². The Kier molecular flexibility index (Phi) is 12.0. The molecular weight excluding hydrogens is 448 g/mol. The molecule has 0 aromatic carbocycles. The third-order valence-corrected chi connectivity index (χ3v) is 5.20. The first kappa shape index (κ1) is 26.7. The number of nitrogens with zero attached hydrogens (tertiary/aromatic N) is 1. The van der Waals surface area contributed by atoms with E-state index in [4.69, 9.17) is 5.73 Å². The molecule has 0 bridgehead atoms. The van der Waals surface area contributed by atoms with Crippen molar-refractivity contribution in [3.63, 3.8) is 0 Å². The molecular formula is C17H28N6O6S2. The van der Waals surface area contributed by atoms with E-state index < -0.39 is 54.5 Å². The second-order valence-electron chi connectivity index (χ2n) is 6.56. The smallest absolute Gasteiger partial charge is 0.326 e. The summed E-state index contributed by atoms with van der Waals surface area (Å²) in [5, 5.41) is 25.8. The summed E-state index contributed by atoms with van der Waals surface area (Å²) in [5.74, 6) is -2.99. The van der Waals surface area contributed by atoms with Crippen molar-refractivity contribution >= 4 is 48.1 Å². The number of carbonyl (C=O) groups excluding carboxylic acids is 3. The molecule has 3 amide bonds. The van der Waals surface area contributed by atoms with Crippen LogP contribution in [-0.2, 0) is 25.6 Å². The van der Waals surface area contributed by atoms with Crippen molar-refractivity contribution in [2.24, 2.45) is 5.73 Å².